The third kappa shape index (κ3) is 5.57. The van der Waals surface area contributed by atoms with Gasteiger partial charge in [0, 0.05) is 23.5 Å². The number of benzene rings is 2. The predicted octanol–water partition coefficient (Wildman–Crippen LogP) is 3.78. The van der Waals surface area contributed by atoms with Gasteiger partial charge in [-0.2, -0.15) is 0 Å². The summed E-state index contributed by atoms with van der Waals surface area (Å²) in [7, 11) is -3.61. The van der Waals surface area contributed by atoms with E-state index in [1.165, 1.54) is 12.1 Å². The number of Topliss-reactive ketones (excluding diaryl/α,β-unsaturated/α-hetero) is 1. The number of hydrogen-bond donors (Lipinski definition) is 0. The van der Waals surface area contributed by atoms with Gasteiger partial charge in [-0.15, -0.1) is 0 Å². The molecule has 1 aliphatic heterocycles. The van der Waals surface area contributed by atoms with E-state index in [1.54, 1.807) is 18.2 Å². The van der Waals surface area contributed by atoms with E-state index in [9.17, 15) is 18.0 Å². The normalized spacial score (nSPS) is 12.5. The Morgan fingerprint density at radius 3 is 2.43 bits per heavy atom. The van der Waals surface area contributed by atoms with Crippen LogP contribution in [0, 0.1) is 20.8 Å². The third-order valence-electron chi connectivity index (χ3n) is 5.97. The van der Waals surface area contributed by atoms with Crippen LogP contribution in [0.5, 0.6) is 11.5 Å². The quantitative estimate of drug-likeness (QED) is 0.328. The van der Waals surface area contributed by atoms with E-state index in [1.807, 2.05) is 43.5 Å². The highest BCUT2D eigenvalue weighted by atomic mass is 32.2. The standard InChI is InChI=1S/C26H27NO7S/c1-17-4-7-21(8-5-17)35(30,31)11-10-26(29)32-15-23(28)22-12-18(2)27(19(22)3)14-20-6-9-24-25(13-20)34-16-33-24/h4-9,12-13H,10-11,14-16H2,1-3H3. The highest BCUT2D eigenvalue weighted by Crippen LogP contribution is 2.33. The molecule has 0 radical (unpaired) electrons. The molecule has 0 bridgehead atoms. The van der Waals surface area contributed by atoms with Crippen molar-refractivity contribution in [2.75, 3.05) is 19.2 Å². The van der Waals surface area contributed by atoms with Gasteiger partial charge in [-0.25, -0.2) is 8.42 Å². The molecule has 0 saturated carbocycles. The Morgan fingerprint density at radius 1 is 0.971 bits per heavy atom. The highest BCUT2D eigenvalue weighted by molar-refractivity contribution is 7.91. The number of fused-ring (bicyclic) bond motifs is 1. The number of rotatable bonds is 9. The minimum absolute atomic E-state index is 0.155. The van der Waals surface area contributed by atoms with E-state index in [4.69, 9.17) is 14.2 Å². The average molecular weight is 498 g/mol. The van der Waals surface area contributed by atoms with Crippen molar-refractivity contribution >= 4 is 21.6 Å². The second-order valence-electron chi connectivity index (χ2n) is 8.52. The minimum atomic E-state index is -3.61. The topological polar surface area (TPSA) is 101 Å². The van der Waals surface area contributed by atoms with Gasteiger partial charge < -0.3 is 18.8 Å². The molecule has 0 amide bonds. The molecule has 0 N–H and O–H groups in total. The van der Waals surface area contributed by atoms with Crippen molar-refractivity contribution in [2.45, 2.75) is 38.6 Å². The molecule has 2 aromatic carbocycles. The van der Waals surface area contributed by atoms with Crippen molar-refractivity contribution in [2.24, 2.45) is 0 Å². The zero-order valence-corrected chi connectivity index (χ0v) is 20.7. The van der Waals surface area contributed by atoms with Crippen molar-refractivity contribution in [3.63, 3.8) is 0 Å². The lowest BCUT2D eigenvalue weighted by molar-refractivity contribution is -0.142. The highest BCUT2D eigenvalue weighted by Gasteiger charge is 2.21. The summed E-state index contributed by atoms with van der Waals surface area (Å²) in [5.74, 6) is -0.0581. The monoisotopic (exact) mass is 497 g/mol. The number of sulfone groups is 1. The van der Waals surface area contributed by atoms with Crippen molar-refractivity contribution < 1.29 is 32.2 Å². The van der Waals surface area contributed by atoms with Crippen molar-refractivity contribution in [1.82, 2.24) is 4.57 Å². The van der Waals surface area contributed by atoms with Crippen molar-refractivity contribution in [3.8, 4) is 11.5 Å². The molecule has 9 heteroatoms. The molecule has 2 heterocycles. The van der Waals surface area contributed by atoms with Gasteiger partial charge in [0.15, 0.2) is 27.9 Å². The van der Waals surface area contributed by atoms with Crippen molar-refractivity contribution in [1.29, 1.82) is 0 Å². The SMILES string of the molecule is Cc1ccc(S(=O)(=O)CCC(=O)OCC(=O)c2cc(C)n(Cc3ccc4c(c3)OCO4)c2C)cc1. The number of aromatic nitrogens is 1. The third-order valence-corrected chi connectivity index (χ3v) is 7.70. The molecule has 4 rings (SSSR count). The number of hydrogen-bond acceptors (Lipinski definition) is 7. The van der Waals surface area contributed by atoms with Crippen LogP contribution in [0.3, 0.4) is 0 Å². The summed E-state index contributed by atoms with van der Waals surface area (Å²) in [6.45, 7) is 5.90. The Bertz CT molecular complexity index is 1370. The van der Waals surface area contributed by atoms with Gasteiger partial charge in [0.25, 0.3) is 0 Å². The number of ketones is 1. The molecule has 0 spiro atoms. The molecular weight excluding hydrogens is 470 g/mol. The van der Waals surface area contributed by atoms with Crippen molar-refractivity contribution in [3.05, 3.63) is 76.6 Å². The maximum atomic E-state index is 12.8. The van der Waals surface area contributed by atoms with Crippen LogP contribution in [0.2, 0.25) is 0 Å². The van der Waals surface area contributed by atoms with E-state index in [-0.39, 0.29) is 29.6 Å². The lowest BCUT2D eigenvalue weighted by atomic mass is 10.1. The van der Waals surface area contributed by atoms with Gasteiger partial charge in [0.05, 0.1) is 17.1 Å². The van der Waals surface area contributed by atoms with E-state index in [0.717, 1.165) is 22.5 Å². The zero-order valence-electron chi connectivity index (χ0n) is 19.9. The summed E-state index contributed by atoms with van der Waals surface area (Å²) in [6.07, 6.45) is -0.327. The first kappa shape index (κ1) is 24.5. The van der Waals surface area contributed by atoms with Crippen LogP contribution in [0.15, 0.2) is 53.4 Å². The fraction of sp³-hybridized carbons (Fsp3) is 0.308. The van der Waals surface area contributed by atoms with Gasteiger partial charge >= 0.3 is 5.97 Å². The van der Waals surface area contributed by atoms with Gasteiger partial charge in [-0.3, -0.25) is 9.59 Å². The Kier molecular flexibility index (Phi) is 6.98. The van der Waals surface area contributed by atoms with E-state index in [2.05, 4.69) is 0 Å². The van der Waals surface area contributed by atoms with Crippen LogP contribution in [0.25, 0.3) is 0 Å². The molecule has 1 aliphatic rings. The first-order chi connectivity index (χ1) is 16.6. The molecule has 0 aliphatic carbocycles. The summed E-state index contributed by atoms with van der Waals surface area (Å²) in [6, 6.07) is 13.9. The molecule has 1 aromatic heterocycles. The number of ether oxygens (including phenoxy) is 3. The summed E-state index contributed by atoms with van der Waals surface area (Å²) >= 11 is 0. The van der Waals surface area contributed by atoms with Crippen LogP contribution in [-0.4, -0.2) is 43.9 Å². The van der Waals surface area contributed by atoms with Gasteiger partial charge in [-0.1, -0.05) is 23.8 Å². The smallest absolute Gasteiger partial charge is 0.307 e. The van der Waals surface area contributed by atoms with Crippen LogP contribution >= 0.6 is 0 Å². The maximum absolute atomic E-state index is 12.8. The summed E-state index contributed by atoms with van der Waals surface area (Å²) in [5, 5.41) is 0. The van der Waals surface area contributed by atoms with E-state index < -0.39 is 22.4 Å². The lowest BCUT2D eigenvalue weighted by Crippen LogP contribution is -2.18. The predicted molar refractivity (Wildman–Crippen MR) is 129 cm³/mol. The molecule has 35 heavy (non-hydrogen) atoms. The van der Waals surface area contributed by atoms with Crippen LogP contribution in [0.1, 0.15) is 39.3 Å². The molecule has 0 unspecified atom stereocenters. The molecule has 3 aromatic rings. The molecule has 0 atom stereocenters. The summed E-state index contributed by atoms with van der Waals surface area (Å²) < 4.78 is 42.7. The molecule has 0 fully saturated rings. The van der Waals surface area contributed by atoms with Crippen LogP contribution < -0.4 is 9.47 Å². The van der Waals surface area contributed by atoms with Gasteiger partial charge in [0.2, 0.25) is 12.6 Å². The first-order valence-electron chi connectivity index (χ1n) is 11.2. The molecule has 8 nitrogen and oxygen atoms in total. The first-order valence-corrected chi connectivity index (χ1v) is 12.8. The number of carbonyl (C=O) groups excluding carboxylic acids is 2. The minimum Gasteiger partial charge on any atom is -0.457 e. The Balaban J connectivity index is 1.34. The Labute approximate surface area is 204 Å². The van der Waals surface area contributed by atoms with Gasteiger partial charge in [0.1, 0.15) is 0 Å². The zero-order chi connectivity index (χ0) is 25.2. The van der Waals surface area contributed by atoms with E-state index >= 15 is 0 Å². The van der Waals surface area contributed by atoms with Crippen LogP contribution in [0.4, 0.5) is 0 Å². The second-order valence-corrected chi connectivity index (χ2v) is 10.6. The Morgan fingerprint density at radius 2 is 1.69 bits per heavy atom. The average Bonchev–Trinajstić information content (AvgIpc) is 3.41. The van der Waals surface area contributed by atoms with Crippen LogP contribution in [-0.2, 0) is 25.9 Å². The fourth-order valence-electron chi connectivity index (χ4n) is 3.93. The second kappa shape index (κ2) is 9.95. The van der Waals surface area contributed by atoms with Gasteiger partial charge in [-0.05, 0) is 56.7 Å². The largest absolute Gasteiger partial charge is 0.457 e. The lowest BCUT2D eigenvalue weighted by Gasteiger charge is -2.11. The Hall–Kier alpha value is -3.59. The molecule has 184 valence electrons. The number of carbonyl (C=O) groups is 2. The molecule has 0 saturated heterocycles. The fourth-order valence-corrected chi connectivity index (χ4v) is 5.15. The number of esters is 1. The summed E-state index contributed by atoms with van der Waals surface area (Å²) in [5.41, 5.74) is 4.04. The van der Waals surface area contributed by atoms with E-state index in [0.29, 0.717) is 23.6 Å². The summed E-state index contributed by atoms with van der Waals surface area (Å²) in [4.78, 5) is 25.0. The molecular formula is C26H27NO7S. The maximum Gasteiger partial charge on any atom is 0.307 e. The number of aryl methyl sites for hydroxylation is 2. The number of nitrogens with zero attached hydrogens (tertiary/aromatic N) is 1.